The number of amides is 1. The molecule has 0 spiro atoms. The Morgan fingerprint density at radius 3 is 2.63 bits per heavy atom. The Kier molecular flexibility index (Phi) is 3.47. The maximum Gasteiger partial charge on any atom is 0.224 e. The number of Topliss-reactive ketones (excluding diaryl/α,β-unsaturated/α-hetero) is 1. The lowest BCUT2D eigenvalue weighted by molar-refractivity contribution is -0.130. The van der Waals surface area contributed by atoms with Crippen molar-refractivity contribution in [2.75, 3.05) is 0 Å². The zero-order valence-electron chi connectivity index (χ0n) is 11.9. The van der Waals surface area contributed by atoms with Gasteiger partial charge in [-0.1, -0.05) is 20.8 Å². The molecular formula is C14H21N3O2. The van der Waals surface area contributed by atoms with Crippen LogP contribution in [0.4, 0.5) is 0 Å². The Bertz CT molecular complexity index is 473. The van der Waals surface area contributed by atoms with Gasteiger partial charge in [0.1, 0.15) is 0 Å². The van der Waals surface area contributed by atoms with E-state index in [1.54, 1.807) is 12.5 Å². The Morgan fingerprint density at radius 1 is 1.47 bits per heavy atom. The summed E-state index contributed by atoms with van der Waals surface area (Å²) in [4.78, 5) is 30.8. The van der Waals surface area contributed by atoms with Crippen LogP contribution >= 0.6 is 0 Å². The number of carbonyl (C=O) groups excluding carboxylic acids is 2. The first kappa shape index (κ1) is 13.8. The predicted octanol–water partition coefficient (Wildman–Crippen LogP) is 1.63. The van der Waals surface area contributed by atoms with E-state index in [-0.39, 0.29) is 28.9 Å². The van der Waals surface area contributed by atoms with Crippen molar-refractivity contribution in [3.05, 3.63) is 18.2 Å². The highest BCUT2D eigenvalue weighted by atomic mass is 16.2. The average Bonchev–Trinajstić information content (AvgIpc) is 2.90. The second-order valence-corrected chi connectivity index (χ2v) is 6.37. The Balaban J connectivity index is 1.97. The van der Waals surface area contributed by atoms with E-state index in [0.717, 1.165) is 12.1 Å². The molecule has 1 aromatic rings. The molecule has 1 fully saturated rings. The van der Waals surface area contributed by atoms with Gasteiger partial charge in [0.25, 0.3) is 0 Å². The molecule has 0 radical (unpaired) electrons. The van der Waals surface area contributed by atoms with Crippen LogP contribution in [-0.4, -0.2) is 27.7 Å². The van der Waals surface area contributed by atoms with Gasteiger partial charge in [-0.05, 0) is 18.8 Å². The van der Waals surface area contributed by atoms with Crippen molar-refractivity contribution < 1.29 is 9.59 Å². The summed E-state index contributed by atoms with van der Waals surface area (Å²) < 4.78 is 0. The fraction of sp³-hybridized carbons (Fsp3) is 0.643. The van der Waals surface area contributed by atoms with Crippen LogP contribution in [-0.2, 0) is 9.59 Å². The van der Waals surface area contributed by atoms with Crippen LogP contribution in [0.5, 0.6) is 0 Å². The van der Waals surface area contributed by atoms with E-state index in [1.165, 1.54) is 6.92 Å². The average molecular weight is 263 g/mol. The van der Waals surface area contributed by atoms with Gasteiger partial charge in [0.15, 0.2) is 5.78 Å². The van der Waals surface area contributed by atoms with Gasteiger partial charge in [0, 0.05) is 23.7 Å². The van der Waals surface area contributed by atoms with Crippen LogP contribution in [0.25, 0.3) is 0 Å². The standard InChI is InChI=1S/C14H21N3O2/c1-8(18)12(14(2,3)4)17-13(19)10-5-9(10)11-6-15-7-16-11/h6-7,9-10,12H,5H2,1-4H3,(H,15,16)(H,17,19)/t9-,10?,12?/m1/s1. The molecule has 104 valence electrons. The number of nitrogens with zero attached hydrogens (tertiary/aromatic N) is 1. The summed E-state index contributed by atoms with van der Waals surface area (Å²) in [6.45, 7) is 7.39. The first-order valence-electron chi connectivity index (χ1n) is 6.60. The molecule has 19 heavy (non-hydrogen) atoms. The lowest BCUT2D eigenvalue weighted by atomic mass is 9.84. The van der Waals surface area contributed by atoms with Crippen molar-refractivity contribution >= 4 is 11.7 Å². The second-order valence-electron chi connectivity index (χ2n) is 6.37. The fourth-order valence-corrected chi connectivity index (χ4v) is 2.48. The SMILES string of the molecule is CC(=O)C(NC(=O)C1C[C@H]1c1cnc[nH]1)C(C)(C)C. The number of H-pyrrole nitrogens is 1. The Morgan fingerprint density at radius 2 is 2.16 bits per heavy atom. The van der Waals surface area contributed by atoms with Crippen LogP contribution in [0.3, 0.4) is 0 Å². The molecule has 0 aliphatic heterocycles. The number of rotatable bonds is 4. The van der Waals surface area contributed by atoms with Crippen molar-refractivity contribution in [2.45, 2.75) is 46.1 Å². The van der Waals surface area contributed by atoms with Gasteiger partial charge < -0.3 is 10.3 Å². The summed E-state index contributed by atoms with van der Waals surface area (Å²) >= 11 is 0. The van der Waals surface area contributed by atoms with E-state index in [1.807, 2.05) is 20.8 Å². The van der Waals surface area contributed by atoms with E-state index in [0.29, 0.717) is 0 Å². The maximum atomic E-state index is 12.2. The van der Waals surface area contributed by atoms with Crippen molar-refractivity contribution in [1.29, 1.82) is 0 Å². The van der Waals surface area contributed by atoms with E-state index in [2.05, 4.69) is 15.3 Å². The molecule has 1 heterocycles. The lowest BCUT2D eigenvalue weighted by Gasteiger charge is -2.29. The van der Waals surface area contributed by atoms with Gasteiger partial charge in [-0.25, -0.2) is 4.98 Å². The molecule has 3 atom stereocenters. The number of carbonyl (C=O) groups is 2. The topological polar surface area (TPSA) is 74.8 Å². The minimum Gasteiger partial charge on any atom is -0.348 e. The van der Waals surface area contributed by atoms with Crippen molar-refractivity contribution in [2.24, 2.45) is 11.3 Å². The quantitative estimate of drug-likeness (QED) is 0.867. The molecule has 1 aromatic heterocycles. The molecule has 1 saturated carbocycles. The van der Waals surface area contributed by atoms with Crippen molar-refractivity contribution in [1.82, 2.24) is 15.3 Å². The van der Waals surface area contributed by atoms with Gasteiger partial charge in [-0.2, -0.15) is 0 Å². The molecular weight excluding hydrogens is 242 g/mol. The first-order valence-corrected chi connectivity index (χ1v) is 6.60. The van der Waals surface area contributed by atoms with Gasteiger partial charge in [0.05, 0.1) is 12.4 Å². The highest BCUT2D eigenvalue weighted by Gasteiger charge is 2.46. The van der Waals surface area contributed by atoms with Crippen molar-refractivity contribution in [3.63, 3.8) is 0 Å². The van der Waals surface area contributed by atoms with E-state index >= 15 is 0 Å². The largest absolute Gasteiger partial charge is 0.348 e. The van der Waals surface area contributed by atoms with Crippen LogP contribution in [0.2, 0.25) is 0 Å². The number of nitrogens with one attached hydrogen (secondary N) is 2. The highest BCUT2D eigenvalue weighted by Crippen LogP contribution is 2.46. The molecule has 1 aliphatic rings. The first-order chi connectivity index (χ1) is 8.80. The van der Waals surface area contributed by atoms with Crippen molar-refractivity contribution in [3.8, 4) is 0 Å². The molecule has 1 aliphatic carbocycles. The maximum absolute atomic E-state index is 12.2. The Labute approximate surface area is 113 Å². The zero-order chi connectivity index (χ0) is 14.2. The zero-order valence-corrected chi connectivity index (χ0v) is 11.9. The third-order valence-electron chi connectivity index (χ3n) is 3.61. The van der Waals surface area contributed by atoms with Crippen LogP contribution in [0, 0.1) is 11.3 Å². The number of hydrogen-bond acceptors (Lipinski definition) is 3. The van der Waals surface area contributed by atoms with Gasteiger partial charge in [-0.3, -0.25) is 9.59 Å². The molecule has 5 heteroatoms. The number of hydrogen-bond donors (Lipinski definition) is 2. The summed E-state index contributed by atoms with van der Waals surface area (Å²) in [7, 11) is 0. The molecule has 5 nitrogen and oxygen atoms in total. The molecule has 0 bridgehead atoms. The predicted molar refractivity (Wildman–Crippen MR) is 71.5 cm³/mol. The molecule has 2 unspecified atom stereocenters. The molecule has 0 saturated heterocycles. The molecule has 2 N–H and O–H groups in total. The van der Waals surface area contributed by atoms with Gasteiger partial charge in [0.2, 0.25) is 5.91 Å². The number of aromatic nitrogens is 2. The monoisotopic (exact) mass is 263 g/mol. The van der Waals surface area contributed by atoms with E-state index in [4.69, 9.17) is 0 Å². The van der Waals surface area contributed by atoms with Gasteiger partial charge in [-0.15, -0.1) is 0 Å². The summed E-state index contributed by atoms with van der Waals surface area (Å²) in [5, 5.41) is 2.89. The summed E-state index contributed by atoms with van der Waals surface area (Å²) in [5.41, 5.74) is 0.732. The smallest absolute Gasteiger partial charge is 0.224 e. The lowest BCUT2D eigenvalue weighted by Crippen LogP contribution is -2.48. The summed E-state index contributed by atoms with van der Waals surface area (Å²) in [6.07, 6.45) is 4.20. The number of aromatic amines is 1. The normalized spacial score (nSPS) is 23.8. The molecule has 2 rings (SSSR count). The second kappa shape index (κ2) is 4.79. The Hall–Kier alpha value is -1.65. The molecule has 1 amide bonds. The minimum atomic E-state index is -0.428. The number of ketones is 1. The minimum absolute atomic E-state index is 0.000379. The number of imidazole rings is 1. The summed E-state index contributed by atoms with van der Waals surface area (Å²) in [6, 6.07) is -0.428. The third-order valence-corrected chi connectivity index (χ3v) is 3.61. The van der Waals surface area contributed by atoms with Gasteiger partial charge >= 0.3 is 0 Å². The third kappa shape index (κ3) is 3.03. The fourth-order valence-electron chi connectivity index (χ4n) is 2.48. The van der Waals surface area contributed by atoms with E-state index in [9.17, 15) is 9.59 Å². The van der Waals surface area contributed by atoms with Crippen LogP contribution < -0.4 is 5.32 Å². The highest BCUT2D eigenvalue weighted by molar-refractivity contribution is 5.90. The van der Waals surface area contributed by atoms with Crippen LogP contribution in [0.1, 0.15) is 45.7 Å². The summed E-state index contributed by atoms with van der Waals surface area (Å²) in [5.74, 6) is 0.147. The molecule has 0 aromatic carbocycles. The van der Waals surface area contributed by atoms with E-state index < -0.39 is 6.04 Å². The van der Waals surface area contributed by atoms with Crippen LogP contribution in [0.15, 0.2) is 12.5 Å².